The lowest BCUT2D eigenvalue weighted by Gasteiger charge is -2.19. The first-order valence-corrected chi connectivity index (χ1v) is 9.26. The van der Waals surface area contributed by atoms with Gasteiger partial charge in [-0.05, 0) is 82.2 Å². The highest BCUT2D eigenvalue weighted by Crippen LogP contribution is 2.53. The van der Waals surface area contributed by atoms with Crippen molar-refractivity contribution < 1.29 is 9.47 Å². The molecule has 1 aliphatic rings. The molecule has 1 aromatic rings. The lowest BCUT2D eigenvalue weighted by molar-refractivity contribution is 0.131. The van der Waals surface area contributed by atoms with Gasteiger partial charge in [0.15, 0.2) is 11.5 Å². The Morgan fingerprint density at radius 3 is 2.43 bits per heavy atom. The van der Waals surface area contributed by atoms with Crippen LogP contribution in [0.5, 0.6) is 11.5 Å². The largest absolute Gasteiger partial charge is 0.488 e. The summed E-state index contributed by atoms with van der Waals surface area (Å²) in [6.45, 7) is 5.86. The number of ether oxygens (including phenoxy) is 2. The zero-order valence-electron chi connectivity index (χ0n) is 12.7. The third-order valence-corrected chi connectivity index (χ3v) is 6.80. The Labute approximate surface area is 151 Å². The number of hydrogen-bond donors (Lipinski definition) is 0. The van der Waals surface area contributed by atoms with Crippen molar-refractivity contribution in [1.29, 1.82) is 0 Å². The third kappa shape index (κ3) is 3.95. The quantitative estimate of drug-likeness (QED) is 0.432. The maximum atomic E-state index is 6.10. The Morgan fingerprint density at radius 2 is 1.81 bits per heavy atom. The fourth-order valence-corrected chi connectivity index (χ4v) is 4.05. The van der Waals surface area contributed by atoms with E-state index in [0.717, 1.165) is 49.9 Å². The summed E-state index contributed by atoms with van der Waals surface area (Å²) in [4.78, 5) is 2.15. The van der Waals surface area contributed by atoms with Crippen LogP contribution < -0.4 is 9.47 Å². The van der Waals surface area contributed by atoms with Crippen LogP contribution in [-0.2, 0) is 6.42 Å². The molecule has 2 rings (SSSR count). The summed E-state index contributed by atoms with van der Waals surface area (Å²) in [5.41, 5.74) is 0.963. The Hall–Kier alpha value is 0.220. The SMILES string of the molecule is CN(C)CCCOc1c(Br)c(Br)c(Br)c2c1OC(C)(C)C2. The van der Waals surface area contributed by atoms with Crippen LogP contribution in [0.25, 0.3) is 0 Å². The van der Waals surface area contributed by atoms with Crippen molar-refractivity contribution >= 4 is 47.8 Å². The van der Waals surface area contributed by atoms with Gasteiger partial charge < -0.3 is 14.4 Å². The average molecular weight is 486 g/mol. The van der Waals surface area contributed by atoms with Gasteiger partial charge in [-0.15, -0.1) is 0 Å². The van der Waals surface area contributed by atoms with Crippen molar-refractivity contribution in [2.45, 2.75) is 32.3 Å². The van der Waals surface area contributed by atoms with Crippen LogP contribution >= 0.6 is 47.8 Å². The normalized spacial score (nSPS) is 16.0. The molecule has 0 radical (unpaired) electrons. The molecule has 0 N–H and O–H groups in total. The van der Waals surface area contributed by atoms with E-state index in [2.05, 4.69) is 80.6 Å². The fraction of sp³-hybridized carbons (Fsp3) is 0.600. The Balaban J connectivity index is 2.26. The molecule has 21 heavy (non-hydrogen) atoms. The Kier molecular flexibility index (Phi) is 5.66. The van der Waals surface area contributed by atoms with Crippen LogP contribution in [0.2, 0.25) is 0 Å². The predicted octanol–water partition coefficient (Wildman–Crippen LogP) is 5.02. The van der Waals surface area contributed by atoms with Crippen LogP contribution in [0.3, 0.4) is 0 Å². The van der Waals surface area contributed by atoms with Gasteiger partial charge in [-0.3, -0.25) is 0 Å². The van der Waals surface area contributed by atoms with E-state index in [4.69, 9.17) is 9.47 Å². The predicted molar refractivity (Wildman–Crippen MR) is 96.6 cm³/mol. The van der Waals surface area contributed by atoms with Crippen LogP contribution in [0.4, 0.5) is 0 Å². The second kappa shape index (κ2) is 6.77. The molecular formula is C15H20Br3NO2. The summed E-state index contributed by atoms with van der Waals surface area (Å²) in [7, 11) is 4.13. The van der Waals surface area contributed by atoms with Crippen molar-refractivity contribution in [3.8, 4) is 11.5 Å². The average Bonchev–Trinajstić information content (AvgIpc) is 2.71. The summed E-state index contributed by atoms with van der Waals surface area (Å²) in [6.07, 6.45) is 1.84. The van der Waals surface area contributed by atoms with E-state index in [1.165, 1.54) is 0 Å². The molecule has 0 amide bonds. The standard InChI is InChI=1S/C15H20Br3NO2/c1-15(2)8-9-10(16)11(17)12(18)14(13(9)21-15)20-7-5-6-19(3)4/h5-8H2,1-4H3. The van der Waals surface area contributed by atoms with Gasteiger partial charge in [-0.2, -0.15) is 0 Å². The van der Waals surface area contributed by atoms with Gasteiger partial charge in [0.2, 0.25) is 0 Å². The molecule has 0 aliphatic carbocycles. The molecule has 1 heterocycles. The molecule has 0 unspecified atom stereocenters. The number of benzene rings is 1. The molecule has 6 heteroatoms. The molecule has 1 aliphatic heterocycles. The monoisotopic (exact) mass is 483 g/mol. The van der Waals surface area contributed by atoms with Crippen molar-refractivity contribution in [3.05, 3.63) is 19.0 Å². The summed E-state index contributed by atoms with van der Waals surface area (Å²) in [5, 5.41) is 0. The highest BCUT2D eigenvalue weighted by Gasteiger charge is 2.36. The molecule has 118 valence electrons. The zero-order chi connectivity index (χ0) is 15.8. The van der Waals surface area contributed by atoms with Crippen LogP contribution in [-0.4, -0.2) is 37.7 Å². The molecule has 0 atom stereocenters. The fourth-order valence-electron chi connectivity index (χ4n) is 2.35. The van der Waals surface area contributed by atoms with Gasteiger partial charge in [0.05, 0.1) is 15.6 Å². The van der Waals surface area contributed by atoms with Crippen molar-refractivity contribution in [2.75, 3.05) is 27.2 Å². The van der Waals surface area contributed by atoms with Crippen molar-refractivity contribution in [3.63, 3.8) is 0 Å². The van der Waals surface area contributed by atoms with E-state index in [-0.39, 0.29) is 5.60 Å². The highest BCUT2D eigenvalue weighted by atomic mass is 79.9. The van der Waals surface area contributed by atoms with Gasteiger partial charge in [-0.25, -0.2) is 0 Å². The van der Waals surface area contributed by atoms with Gasteiger partial charge in [-0.1, -0.05) is 0 Å². The number of nitrogens with zero attached hydrogens (tertiary/aromatic N) is 1. The molecule has 0 spiro atoms. The Bertz CT molecular complexity index is 544. The smallest absolute Gasteiger partial charge is 0.176 e. The van der Waals surface area contributed by atoms with E-state index in [9.17, 15) is 0 Å². The highest BCUT2D eigenvalue weighted by molar-refractivity contribution is 9.14. The first-order chi connectivity index (χ1) is 9.73. The minimum atomic E-state index is -0.202. The van der Waals surface area contributed by atoms with Crippen molar-refractivity contribution in [1.82, 2.24) is 4.90 Å². The Morgan fingerprint density at radius 1 is 1.14 bits per heavy atom. The topological polar surface area (TPSA) is 21.7 Å². The molecule has 3 nitrogen and oxygen atoms in total. The van der Waals surface area contributed by atoms with Gasteiger partial charge >= 0.3 is 0 Å². The number of rotatable bonds is 5. The minimum Gasteiger partial charge on any atom is -0.488 e. The molecule has 0 saturated carbocycles. The molecule has 0 aromatic heterocycles. The van der Waals surface area contributed by atoms with E-state index in [1.807, 2.05) is 0 Å². The lowest BCUT2D eigenvalue weighted by atomic mass is 10.0. The minimum absolute atomic E-state index is 0.202. The number of hydrogen-bond acceptors (Lipinski definition) is 3. The second-order valence-electron chi connectivity index (χ2n) is 6.12. The first-order valence-electron chi connectivity index (χ1n) is 6.89. The van der Waals surface area contributed by atoms with E-state index in [0.29, 0.717) is 6.61 Å². The maximum absolute atomic E-state index is 6.10. The maximum Gasteiger partial charge on any atom is 0.176 e. The van der Waals surface area contributed by atoms with Gasteiger partial charge in [0.25, 0.3) is 0 Å². The van der Waals surface area contributed by atoms with Crippen LogP contribution in [0.1, 0.15) is 25.8 Å². The summed E-state index contributed by atoms with van der Waals surface area (Å²) >= 11 is 10.9. The van der Waals surface area contributed by atoms with Crippen molar-refractivity contribution in [2.24, 2.45) is 0 Å². The van der Waals surface area contributed by atoms with Crippen LogP contribution in [0, 0.1) is 0 Å². The summed E-state index contributed by atoms with van der Waals surface area (Å²) in [6, 6.07) is 0. The lowest BCUT2D eigenvalue weighted by Crippen LogP contribution is -2.24. The molecule has 0 saturated heterocycles. The van der Waals surface area contributed by atoms with Gasteiger partial charge in [0.1, 0.15) is 5.60 Å². The number of halogens is 3. The molecule has 1 aromatic carbocycles. The molecule has 0 bridgehead atoms. The molecule has 0 fully saturated rings. The van der Waals surface area contributed by atoms with Crippen LogP contribution in [0.15, 0.2) is 13.4 Å². The summed E-state index contributed by atoms with van der Waals surface area (Å²) < 4.78 is 15.0. The zero-order valence-corrected chi connectivity index (χ0v) is 17.5. The summed E-state index contributed by atoms with van der Waals surface area (Å²) in [5.74, 6) is 1.65. The van der Waals surface area contributed by atoms with E-state index in [1.54, 1.807) is 0 Å². The van der Waals surface area contributed by atoms with Gasteiger partial charge in [0, 0.05) is 23.0 Å². The number of fused-ring (bicyclic) bond motifs is 1. The second-order valence-corrected chi connectivity index (χ2v) is 8.50. The first kappa shape index (κ1) is 17.6. The van der Waals surface area contributed by atoms with E-state index >= 15 is 0 Å². The molecular weight excluding hydrogens is 466 g/mol. The third-order valence-electron chi connectivity index (χ3n) is 3.31. The van der Waals surface area contributed by atoms with E-state index < -0.39 is 0 Å².